The minimum atomic E-state index is -0.298. The highest BCUT2D eigenvalue weighted by Crippen LogP contribution is 2.33. The Morgan fingerprint density at radius 2 is 2.20 bits per heavy atom. The zero-order valence-corrected chi connectivity index (χ0v) is 11.8. The molecule has 0 bridgehead atoms. The predicted octanol–water partition coefficient (Wildman–Crippen LogP) is 3.27. The maximum Gasteiger partial charge on any atom is 0.206 e. The predicted molar refractivity (Wildman–Crippen MR) is 74.9 cm³/mol. The zero-order valence-electron chi connectivity index (χ0n) is 11.1. The number of nitrogens with zero attached hydrogens (tertiary/aromatic N) is 4. The summed E-state index contributed by atoms with van der Waals surface area (Å²) in [5, 5.41) is 14.8. The summed E-state index contributed by atoms with van der Waals surface area (Å²) in [7, 11) is 0. The number of tetrazole rings is 1. The molecule has 1 N–H and O–H groups in total. The van der Waals surface area contributed by atoms with Gasteiger partial charge in [-0.25, -0.2) is 4.39 Å². The van der Waals surface area contributed by atoms with Crippen molar-refractivity contribution in [2.45, 2.75) is 20.4 Å². The number of aromatic amines is 1. The summed E-state index contributed by atoms with van der Waals surface area (Å²) >= 11 is 6.07. The van der Waals surface area contributed by atoms with E-state index < -0.39 is 0 Å². The second kappa shape index (κ2) is 4.86. The normalized spacial score (nSPS) is 11.7. The molecule has 0 aliphatic rings. The average Bonchev–Trinajstić information content (AvgIpc) is 2.98. The lowest BCUT2D eigenvalue weighted by molar-refractivity contribution is 0.527. The largest absolute Gasteiger partial charge is 0.344 e. The molecule has 2 heterocycles. The van der Waals surface area contributed by atoms with Crippen LogP contribution in [0, 0.1) is 11.7 Å². The lowest BCUT2D eigenvalue weighted by Crippen LogP contribution is -2.03. The Kier molecular flexibility index (Phi) is 3.17. The van der Waals surface area contributed by atoms with Crippen molar-refractivity contribution in [3.05, 3.63) is 29.2 Å². The van der Waals surface area contributed by atoms with Crippen LogP contribution in [0.25, 0.3) is 22.3 Å². The molecule has 0 atom stereocenters. The van der Waals surface area contributed by atoms with E-state index in [4.69, 9.17) is 11.6 Å². The molecule has 3 aromatic rings. The van der Waals surface area contributed by atoms with Crippen LogP contribution in [0.3, 0.4) is 0 Å². The van der Waals surface area contributed by atoms with E-state index in [1.54, 1.807) is 12.1 Å². The highest BCUT2D eigenvalue weighted by Gasteiger charge is 2.17. The monoisotopic (exact) mass is 293 g/mol. The number of nitrogens with one attached hydrogen (secondary N) is 1. The van der Waals surface area contributed by atoms with Gasteiger partial charge in [0.2, 0.25) is 5.82 Å². The number of H-pyrrole nitrogens is 1. The van der Waals surface area contributed by atoms with Gasteiger partial charge in [0.25, 0.3) is 0 Å². The summed E-state index contributed by atoms with van der Waals surface area (Å²) in [5.74, 6) is 0.493. The van der Waals surface area contributed by atoms with Crippen molar-refractivity contribution in [2.24, 2.45) is 5.92 Å². The zero-order chi connectivity index (χ0) is 14.3. The maximum atomic E-state index is 14.1. The number of hydrogen-bond donors (Lipinski definition) is 1. The standard InChI is InChI=1S/C13H13ClFN5/c1-7(2)5-20-6-11(15)9-3-8(14)4-10(12(9)20)13-16-18-19-17-13/h3-4,6-7H,5H2,1-2H3,(H,16,17,18,19). The Bertz CT molecular complexity index is 748. The molecular formula is C13H13ClFN5. The number of rotatable bonds is 3. The van der Waals surface area contributed by atoms with Gasteiger partial charge in [-0.05, 0) is 23.3 Å². The number of halogens is 2. The van der Waals surface area contributed by atoms with E-state index in [1.807, 2.05) is 4.57 Å². The molecule has 5 nitrogen and oxygen atoms in total. The maximum absolute atomic E-state index is 14.1. The van der Waals surface area contributed by atoms with E-state index in [0.717, 1.165) is 5.52 Å². The summed E-state index contributed by atoms with van der Waals surface area (Å²) in [6.07, 6.45) is 1.49. The minimum Gasteiger partial charge on any atom is -0.344 e. The average molecular weight is 294 g/mol. The van der Waals surface area contributed by atoms with Gasteiger partial charge in [-0.2, -0.15) is 5.21 Å². The highest BCUT2D eigenvalue weighted by molar-refractivity contribution is 6.31. The van der Waals surface area contributed by atoms with Crippen molar-refractivity contribution in [2.75, 3.05) is 0 Å². The first kappa shape index (κ1) is 13.1. The van der Waals surface area contributed by atoms with Gasteiger partial charge in [0.15, 0.2) is 0 Å². The molecular weight excluding hydrogens is 281 g/mol. The molecule has 2 aromatic heterocycles. The first-order valence-corrected chi connectivity index (χ1v) is 6.65. The number of benzene rings is 1. The van der Waals surface area contributed by atoms with Gasteiger partial charge in [-0.1, -0.05) is 25.4 Å². The van der Waals surface area contributed by atoms with Crippen molar-refractivity contribution >= 4 is 22.5 Å². The summed E-state index contributed by atoms with van der Waals surface area (Å²) in [6.45, 7) is 4.86. The van der Waals surface area contributed by atoms with Crippen LogP contribution in [-0.4, -0.2) is 25.2 Å². The molecule has 0 radical (unpaired) electrons. The van der Waals surface area contributed by atoms with Crippen LogP contribution in [0.1, 0.15) is 13.8 Å². The number of fused-ring (bicyclic) bond motifs is 1. The lowest BCUT2D eigenvalue weighted by atomic mass is 10.1. The van der Waals surface area contributed by atoms with Crippen LogP contribution >= 0.6 is 11.6 Å². The molecule has 0 unspecified atom stereocenters. The second-order valence-corrected chi connectivity index (χ2v) is 5.54. The van der Waals surface area contributed by atoms with Gasteiger partial charge < -0.3 is 4.57 Å². The van der Waals surface area contributed by atoms with Crippen LogP contribution < -0.4 is 0 Å². The molecule has 7 heteroatoms. The third-order valence-electron chi connectivity index (χ3n) is 3.04. The van der Waals surface area contributed by atoms with Crippen molar-refractivity contribution in [3.8, 4) is 11.4 Å². The number of hydrogen-bond acceptors (Lipinski definition) is 3. The van der Waals surface area contributed by atoms with Crippen molar-refractivity contribution in [3.63, 3.8) is 0 Å². The fourth-order valence-electron chi connectivity index (χ4n) is 2.35. The summed E-state index contributed by atoms with van der Waals surface area (Å²) < 4.78 is 16.0. The smallest absolute Gasteiger partial charge is 0.206 e. The Balaban J connectivity index is 2.32. The molecule has 0 saturated heterocycles. The Morgan fingerprint density at radius 1 is 1.40 bits per heavy atom. The topological polar surface area (TPSA) is 59.4 Å². The Labute approximate surface area is 119 Å². The second-order valence-electron chi connectivity index (χ2n) is 5.11. The molecule has 0 saturated carbocycles. The van der Waals surface area contributed by atoms with Crippen LogP contribution in [0.2, 0.25) is 5.02 Å². The molecule has 0 amide bonds. The van der Waals surface area contributed by atoms with Crippen LogP contribution in [-0.2, 0) is 6.54 Å². The fraction of sp³-hybridized carbons (Fsp3) is 0.308. The van der Waals surface area contributed by atoms with E-state index >= 15 is 0 Å². The lowest BCUT2D eigenvalue weighted by Gasteiger charge is -2.10. The van der Waals surface area contributed by atoms with Gasteiger partial charge >= 0.3 is 0 Å². The quantitative estimate of drug-likeness (QED) is 0.806. The Morgan fingerprint density at radius 3 is 2.85 bits per heavy atom. The van der Waals surface area contributed by atoms with Crippen molar-refractivity contribution in [1.29, 1.82) is 0 Å². The third kappa shape index (κ3) is 2.16. The molecule has 0 aliphatic heterocycles. The van der Waals surface area contributed by atoms with Crippen LogP contribution in [0.4, 0.5) is 4.39 Å². The molecule has 3 rings (SSSR count). The highest BCUT2D eigenvalue weighted by atomic mass is 35.5. The van der Waals surface area contributed by atoms with Gasteiger partial charge in [0, 0.05) is 28.7 Å². The Hall–Kier alpha value is -1.95. The molecule has 104 valence electrons. The summed E-state index contributed by atoms with van der Waals surface area (Å²) in [4.78, 5) is 0. The molecule has 0 aliphatic carbocycles. The van der Waals surface area contributed by atoms with Crippen LogP contribution in [0.5, 0.6) is 0 Å². The van der Waals surface area contributed by atoms with E-state index in [-0.39, 0.29) is 5.82 Å². The number of aromatic nitrogens is 5. The van der Waals surface area contributed by atoms with Gasteiger partial charge in [0.1, 0.15) is 5.82 Å². The molecule has 20 heavy (non-hydrogen) atoms. The summed E-state index contributed by atoms with van der Waals surface area (Å²) in [5.41, 5.74) is 1.41. The van der Waals surface area contributed by atoms with Gasteiger partial charge in [-0.3, -0.25) is 0 Å². The van der Waals surface area contributed by atoms with Gasteiger partial charge in [-0.15, -0.1) is 10.2 Å². The molecule has 1 aromatic carbocycles. The van der Waals surface area contributed by atoms with E-state index in [9.17, 15) is 4.39 Å². The SMILES string of the molecule is CC(C)Cn1cc(F)c2cc(Cl)cc(-c3nn[nH]n3)c21. The minimum absolute atomic E-state index is 0.298. The van der Waals surface area contributed by atoms with Crippen LogP contribution in [0.15, 0.2) is 18.3 Å². The first-order valence-electron chi connectivity index (χ1n) is 6.28. The van der Waals surface area contributed by atoms with Crippen molar-refractivity contribution in [1.82, 2.24) is 25.2 Å². The van der Waals surface area contributed by atoms with Crippen molar-refractivity contribution < 1.29 is 4.39 Å². The third-order valence-corrected chi connectivity index (χ3v) is 3.25. The molecule has 0 spiro atoms. The van der Waals surface area contributed by atoms with E-state index in [2.05, 4.69) is 34.5 Å². The van der Waals surface area contributed by atoms with E-state index in [0.29, 0.717) is 34.3 Å². The van der Waals surface area contributed by atoms with E-state index in [1.165, 1.54) is 6.20 Å². The molecule has 0 fully saturated rings. The van der Waals surface area contributed by atoms with Gasteiger partial charge in [0.05, 0.1) is 5.52 Å². The summed E-state index contributed by atoms with van der Waals surface area (Å²) in [6, 6.07) is 3.34. The first-order chi connectivity index (χ1) is 9.56. The fourth-order valence-corrected chi connectivity index (χ4v) is 2.56.